The summed E-state index contributed by atoms with van der Waals surface area (Å²) >= 11 is 0. The summed E-state index contributed by atoms with van der Waals surface area (Å²) in [5.74, 6) is 4.42. The Morgan fingerprint density at radius 3 is 1.15 bits per heavy atom. The van der Waals surface area contributed by atoms with E-state index >= 15 is 0 Å². The third-order valence-corrected chi connectivity index (χ3v) is 0.236. The Kier molecular flexibility index (Phi) is 18.5. The van der Waals surface area contributed by atoms with Crippen molar-refractivity contribution in [1.29, 1.82) is 0 Å². The van der Waals surface area contributed by atoms with Crippen molar-refractivity contribution in [3.8, 4) is 24.7 Å². The Morgan fingerprint density at radius 1 is 1.08 bits per heavy atom. The van der Waals surface area contributed by atoms with E-state index in [2.05, 4.69) is 24.7 Å². The lowest BCUT2D eigenvalue weighted by molar-refractivity contribution is 0.381. The van der Waals surface area contributed by atoms with Gasteiger partial charge in [0.25, 0.3) is 0 Å². The molecule has 0 aliphatic carbocycles. The molecule has 0 saturated heterocycles. The van der Waals surface area contributed by atoms with E-state index in [0.717, 1.165) is 0 Å². The summed E-state index contributed by atoms with van der Waals surface area (Å²) in [5.41, 5.74) is 9.58. The molecule has 6 N–H and O–H groups in total. The third kappa shape index (κ3) is 1050. The van der Waals surface area contributed by atoms with Gasteiger partial charge in [0.15, 0.2) is 0 Å². The van der Waals surface area contributed by atoms with Crippen molar-refractivity contribution >= 4 is 10.4 Å². The van der Waals surface area contributed by atoms with E-state index in [1.54, 1.807) is 0 Å². The van der Waals surface area contributed by atoms with E-state index in [9.17, 15) is 0 Å². The van der Waals surface area contributed by atoms with E-state index in [1.165, 1.54) is 0 Å². The quantitative estimate of drug-likeness (QED) is 0.283. The van der Waals surface area contributed by atoms with Crippen molar-refractivity contribution < 1.29 is 17.5 Å². The van der Waals surface area contributed by atoms with Gasteiger partial charge in [0.1, 0.15) is 0 Å². The molecule has 76 valence electrons. The Balaban J connectivity index is -0.000000117. The van der Waals surface area contributed by atoms with Gasteiger partial charge >= 0.3 is 10.4 Å². The van der Waals surface area contributed by atoms with Crippen molar-refractivity contribution in [3.63, 3.8) is 0 Å². The molecule has 0 aliphatic rings. The van der Waals surface area contributed by atoms with Gasteiger partial charge in [0.2, 0.25) is 0 Å². The molecule has 0 aliphatic heterocycles. The highest BCUT2D eigenvalue weighted by Gasteiger charge is 1.84. The number of terminal acetylenes is 2. The first-order valence-electron chi connectivity index (χ1n) is 2.80. The average Bonchev–Trinajstić information content (AvgIpc) is 2.01. The molecule has 0 amide bonds. The molecule has 0 fully saturated rings. The van der Waals surface area contributed by atoms with Gasteiger partial charge in [0.05, 0.1) is 13.1 Å². The molecule has 13 heavy (non-hydrogen) atoms. The van der Waals surface area contributed by atoms with Crippen LogP contribution in [0.2, 0.25) is 0 Å². The van der Waals surface area contributed by atoms with Gasteiger partial charge in [0, 0.05) is 0 Å². The van der Waals surface area contributed by atoms with Gasteiger partial charge in [-0.05, 0) is 0 Å². The van der Waals surface area contributed by atoms with Crippen molar-refractivity contribution in [1.82, 2.24) is 0 Å². The molecule has 0 rings (SSSR count). The van der Waals surface area contributed by atoms with Crippen molar-refractivity contribution in [2.75, 3.05) is 13.1 Å². The highest BCUT2D eigenvalue weighted by Crippen LogP contribution is 1.59. The van der Waals surface area contributed by atoms with Crippen LogP contribution >= 0.6 is 0 Å². The largest absolute Gasteiger partial charge is 0.394 e. The maximum Gasteiger partial charge on any atom is 0.394 e. The van der Waals surface area contributed by atoms with Crippen LogP contribution in [0.4, 0.5) is 0 Å². The second kappa shape index (κ2) is 13.5. The highest BCUT2D eigenvalue weighted by atomic mass is 32.3. The average molecular weight is 208 g/mol. The smallest absolute Gasteiger partial charge is 0.320 e. The van der Waals surface area contributed by atoms with Crippen LogP contribution in [0.5, 0.6) is 0 Å². The van der Waals surface area contributed by atoms with Crippen LogP contribution in [0.3, 0.4) is 0 Å². The molecule has 0 aromatic heterocycles. The molecule has 7 heteroatoms. The predicted octanol–water partition coefficient (Wildman–Crippen LogP) is -1.50. The number of hydrogen-bond acceptors (Lipinski definition) is 4. The van der Waals surface area contributed by atoms with Gasteiger partial charge in [-0.3, -0.25) is 9.11 Å². The van der Waals surface area contributed by atoms with E-state index in [-0.39, 0.29) is 0 Å². The minimum absolute atomic E-state index is 0.347. The lowest BCUT2D eigenvalue weighted by Crippen LogP contribution is -1.91. The van der Waals surface area contributed by atoms with Crippen LogP contribution in [0.25, 0.3) is 0 Å². The van der Waals surface area contributed by atoms with Crippen LogP contribution in [0.15, 0.2) is 0 Å². The predicted molar refractivity (Wildman–Crippen MR) is 50.0 cm³/mol. The second-order valence-corrected chi connectivity index (χ2v) is 2.16. The third-order valence-electron chi connectivity index (χ3n) is 0.236. The molecular weight excluding hydrogens is 196 g/mol. The zero-order chi connectivity index (χ0) is 11.3. The number of hydrogen-bond donors (Lipinski definition) is 4. The Bertz CT molecular complexity index is 237. The fourth-order valence-corrected chi connectivity index (χ4v) is 0. The summed E-state index contributed by atoms with van der Waals surface area (Å²) in [7, 11) is -4.67. The molecule has 0 unspecified atom stereocenters. The minimum Gasteiger partial charge on any atom is -0.320 e. The monoisotopic (exact) mass is 208 g/mol. The Labute approximate surface area is 77.9 Å². The summed E-state index contributed by atoms with van der Waals surface area (Å²) in [6.07, 6.45) is 9.31. The van der Waals surface area contributed by atoms with Crippen LogP contribution < -0.4 is 11.5 Å². The Morgan fingerprint density at radius 2 is 1.15 bits per heavy atom. The molecule has 0 heterocycles. The van der Waals surface area contributed by atoms with E-state index in [1.807, 2.05) is 0 Å². The first-order valence-corrected chi connectivity index (χ1v) is 4.20. The molecule has 0 radical (unpaired) electrons. The second-order valence-electron chi connectivity index (χ2n) is 1.26. The highest BCUT2D eigenvalue weighted by molar-refractivity contribution is 7.79. The standard InChI is InChI=1S/2C3H5N.H2O4S/c2*1-2-3-4;1-5(2,3)4/h2*1H,3-4H2;(H2,1,2,3,4). The normalized spacial score (nSPS) is 7.54. The summed E-state index contributed by atoms with van der Waals surface area (Å²) in [5, 5.41) is 0. The fraction of sp³-hybridized carbons (Fsp3) is 0.333. The van der Waals surface area contributed by atoms with E-state index in [0.29, 0.717) is 13.1 Å². The van der Waals surface area contributed by atoms with Gasteiger partial charge in [-0.1, -0.05) is 11.8 Å². The first kappa shape index (κ1) is 17.9. The summed E-state index contributed by atoms with van der Waals surface area (Å²) in [6, 6.07) is 0. The fourth-order valence-electron chi connectivity index (χ4n) is 0. The molecule has 6 nitrogen and oxygen atoms in total. The van der Waals surface area contributed by atoms with Crippen molar-refractivity contribution in [2.24, 2.45) is 11.5 Å². The van der Waals surface area contributed by atoms with Gasteiger partial charge in [-0.15, -0.1) is 12.8 Å². The zero-order valence-corrected chi connectivity index (χ0v) is 7.66. The van der Waals surface area contributed by atoms with E-state index < -0.39 is 10.4 Å². The SMILES string of the molecule is C#CCN.C#CCN.O=S(=O)(O)O. The lowest BCUT2D eigenvalue weighted by atomic mass is 10.7. The molecule has 0 aromatic rings. The van der Waals surface area contributed by atoms with Crippen LogP contribution in [0.1, 0.15) is 0 Å². The maximum atomic E-state index is 8.74. The maximum absolute atomic E-state index is 8.74. The first-order chi connectivity index (χ1) is 5.83. The number of nitrogens with two attached hydrogens (primary N) is 2. The van der Waals surface area contributed by atoms with Gasteiger partial charge in [-0.25, -0.2) is 0 Å². The molecule has 0 spiro atoms. The van der Waals surface area contributed by atoms with Gasteiger partial charge < -0.3 is 11.5 Å². The Hall–Kier alpha value is -1.09. The molecule has 0 aromatic carbocycles. The molecule has 0 bridgehead atoms. The van der Waals surface area contributed by atoms with Gasteiger partial charge in [-0.2, -0.15) is 8.42 Å². The van der Waals surface area contributed by atoms with Crippen molar-refractivity contribution in [2.45, 2.75) is 0 Å². The van der Waals surface area contributed by atoms with E-state index in [4.69, 9.17) is 29.0 Å². The lowest BCUT2D eigenvalue weighted by Gasteiger charge is -1.68. The topological polar surface area (TPSA) is 127 Å². The molecule has 0 atom stereocenters. The van der Waals surface area contributed by atoms with Crippen molar-refractivity contribution in [3.05, 3.63) is 0 Å². The molecular formula is C6H12N2O4S. The molecule has 0 saturated carbocycles. The van der Waals surface area contributed by atoms with Crippen LogP contribution in [-0.4, -0.2) is 30.6 Å². The summed E-state index contributed by atoms with van der Waals surface area (Å²) in [6.45, 7) is 0.694. The van der Waals surface area contributed by atoms with Crippen LogP contribution in [-0.2, 0) is 10.4 Å². The minimum atomic E-state index is -4.67. The zero-order valence-electron chi connectivity index (χ0n) is 6.84. The number of rotatable bonds is 0. The summed E-state index contributed by atoms with van der Waals surface area (Å²) < 4.78 is 31.6. The van der Waals surface area contributed by atoms with Crippen LogP contribution in [0, 0.1) is 24.7 Å². The summed E-state index contributed by atoms with van der Waals surface area (Å²) in [4.78, 5) is 0.